The number of carboxylic acids is 1. The van der Waals surface area contributed by atoms with Crippen LogP contribution in [0, 0.1) is 0 Å². The van der Waals surface area contributed by atoms with Gasteiger partial charge in [0.2, 0.25) is 0 Å². The van der Waals surface area contributed by atoms with Gasteiger partial charge in [0.15, 0.2) is 0 Å². The van der Waals surface area contributed by atoms with Crippen molar-refractivity contribution in [2.45, 2.75) is 25.7 Å². The van der Waals surface area contributed by atoms with E-state index >= 15 is 0 Å². The molecular weight excluding hydrogens is 380 g/mol. The number of aromatic carboxylic acids is 1. The van der Waals surface area contributed by atoms with Crippen LogP contribution in [0.15, 0.2) is 60.0 Å². The lowest BCUT2D eigenvalue weighted by molar-refractivity contribution is -0.118. The second-order valence-electron chi connectivity index (χ2n) is 6.31. The van der Waals surface area contributed by atoms with Gasteiger partial charge < -0.3 is 5.11 Å². The largest absolute Gasteiger partial charge is 0.478 e. The zero-order valence-corrected chi connectivity index (χ0v) is 16.2. The quantitative estimate of drug-likeness (QED) is 0.513. The van der Waals surface area contributed by atoms with Crippen molar-refractivity contribution in [2.24, 2.45) is 0 Å². The van der Waals surface area contributed by atoms with Gasteiger partial charge in [0, 0.05) is 28.3 Å². The van der Waals surface area contributed by atoms with Crippen LogP contribution in [-0.2, 0) is 17.6 Å². The molecule has 0 amide bonds. The van der Waals surface area contributed by atoms with Crippen molar-refractivity contribution < 1.29 is 14.7 Å². The predicted octanol–water partition coefficient (Wildman–Crippen LogP) is 5.90. The number of ketones is 1. The van der Waals surface area contributed by atoms with Crippen molar-refractivity contribution in [3.63, 3.8) is 0 Å². The molecule has 3 nitrogen and oxygen atoms in total. The van der Waals surface area contributed by atoms with Gasteiger partial charge in [-0.2, -0.15) is 0 Å². The highest BCUT2D eigenvalue weighted by molar-refractivity contribution is 7.11. The Labute approximate surface area is 167 Å². The Morgan fingerprint density at radius 1 is 1.00 bits per heavy atom. The summed E-state index contributed by atoms with van der Waals surface area (Å²) in [5.41, 5.74) is 2.85. The Hall–Kier alpha value is -2.43. The van der Waals surface area contributed by atoms with Crippen molar-refractivity contribution in [3.8, 4) is 11.1 Å². The molecule has 27 heavy (non-hydrogen) atoms. The van der Waals surface area contributed by atoms with E-state index in [0.717, 1.165) is 18.4 Å². The molecule has 0 aliphatic carbocycles. The number of carbonyl (C=O) groups excluding carboxylic acids is 1. The number of carbonyl (C=O) groups is 2. The van der Waals surface area contributed by atoms with E-state index in [1.807, 2.05) is 30.3 Å². The summed E-state index contributed by atoms with van der Waals surface area (Å²) in [5.74, 6) is -0.939. The molecule has 0 spiro atoms. The number of carboxylic acid groups (broad SMARTS) is 1. The zero-order valence-electron chi connectivity index (χ0n) is 14.7. The van der Waals surface area contributed by atoms with Crippen molar-refractivity contribution >= 4 is 34.7 Å². The van der Waals surface area contributed by atoms with E-state index in [1.54, 1.807) is 29.6 Å². The first-order chi connectivity index (χ1) is 13.0. The first-order valence-electron chi connectivity index (χ1n) is 8.70. The maximum absolute atomic E-state index is 12.4. The van der Waals surface area contributed by atoms with E-state index in [2.05, 4.69) is 0 Å². The number of rotatable bonds is 8. The van der Waals surface area contributed by atoms with Gasteiger partial charge in [-0.3, -0.25) is 4.79 Å². The number of thiophene rings is 1. The molecule has 2 aromatic carbocycles. The molecule has 3 rings (SSSR count). The lowest BCUT2D eigenvalue weighted by Crippen LogP contribution is -2.07. The second kappa shape index (κ2) is 8.98. The Morgan fingerprint density at radius 2 is 1.70 bits per heavy atom. The fraction of sp³-hybridized carbons (Fsp3) is 0.182. The fourth-order valence-corrected chi connectivity index (χ4v) is 4.21. The van der Waals surface area contributed by atoms with Gasteiger partial charge in [0.25, 0.3) is 0 Å². The molecule has 0 saturated heterocycles. The number of aryl methyl sites for hydroxylation is 1. The molecule has 1 heterocycles. The molecule has 0 saturated carbocycles. The highest BCUT2D eigenvalue weighted by Gasteiger charge is 2.21. The van der Waals surface area contributed by atoms with E-state index in [9.17, 15) is 14.7 Å². The molecule has 3 aromatic rings. The number of hydrogen-bond acceptors (Lipinski definition) is 3. The van der Waals surface area contributed by atoms with Crippen LogP contribution >= 0.6 is 22.9 Å². The molecule has 0 aliphatic heterocycles. The molecule has 0 bridgehead atoms. The molecular formula is C22H19ClO3S. The van der Waals surface area contributed by atoms with E-state index in [1.165, 1.54) is 16.9 Å². The lowest BCUT2D eigenvalue weighted by Gasteiger charge is -2.05. The minimum absolute atomic E-state index is 0.0675. The molecule has 0 fully saturated rings. The Balaban J connectivity index is 1.68. The first-order valence-corrected chi connectivity index (χ1v) is 9.95. The van der Waals surface area contributed by atoms with Gasteiger partial charge >= 0.3 is 5.97 Å². The third kappa shape index (κ3) is 5.06. The molecule has 0 atom stereocenters. The van der Waals surface area contributed by atoms with E-state index < -0.39 is 5.97 Å². The van der Waals surface area contributed by atoms with E-state index in [-0.39, 0.29) is 17.8 Å². The average molecular weight is 399 g/mol. The first kappa shape index (κ1) is 19.3. The van der Waals surface area contributed by atoms with Gasteiger partial charge in [-0.25, -0.2) is 4.79 Å². The van der Waals surface area contributed by atoms with Gasteiger partial charge in [0.05, 0.1) is 5.56 Å². The molecule has 0 radical (unpaired) electrons. The summed E-state index contributed by atoms with van der Waals surface area (Å²) in [6, 6.07) is 17.1. The average Bonchev–Trinajstić information content (AvgIpc) is 3.07. The van der Waals surface area contributed by atoms with Crippen LogP contribution in [0.25, 0.3) is 11.1 Å². The third-order valence-electron chi connectivity index (χ3n) is 4.36. The van der Waals surface area contributed by atoms with Crippen molar-refractivity contribution in [2.75, 3.05) is 0 Å². The third-order valence-corrected chi connectivity index (χ3v) is 5.60. The standard InChI is InChI=1S/C22H19ClO3S/c23-17-11-9-16(10-12-17)19-14-27-20(21(19)22(25)26)13-18(24)8-4-7-15-5-2-1-3-6-15/h1-3,5-6,9-12,14H,4,7-8,13H2,(H,25,26). The summed E-state index contributed by atoms with van der Waals surface area (Å²) < 4.78 is 0. The van der Waals surface area contributed by atoms with Crippen LogP contribution in [0.2, 0.25) is 5.02 Å². The zero-order chi connectivity index (χ0) is 19.2. The van der Waals surface area contributed by atoms with Crippen LogP contribution in [0.1, 0.15) is 33.6 Å². The van der Waals surface area contributed by atoms with Crippen LogP contribution in [0.3, 0.4) is 0 Å². The van der Waals surface area contributed by atoms with E-state index in [0.29, 0.717) is 21.9 Å². The number of benzene rings is 2. The minimum Gasteiger partial charge on any atom is -0.478 e. The lowest BCUT2D eigenvalue weighted by atomic mass is 10.00. The summed E-state index contributed by atoms with van der Waals surface area (Å²) in [5, 5.41) is 12.1. The van der Waals surface area contributed by atoms with Crippen molar-refractivity contribution in [3.05, 3.63) is 81.0 Å². The van der Waals surface area contributed by atoms with Crippen LogP contribution in [0.4, 0.5) is 0 Å². The molecule has 138 valence electrons. The van der Waals surface area contributed by atoms with Crippen LogP contribution < -0.4 is 0 Å². The van der Waals surface area contributed by atoms with Gasteiger partial charge in [0.1, 0.15) is 5.78 Å². The topological polar surface area (TPSA) is 54.4 Å². The van der Waals surface area contributed by atoms with E-state index in [4.69, 9.17) is 11.6 Å². The number of hydrogen-bond donors (Lipinski definition) is 1. The summed E-state index contributed by atoms with van der Waals surface area (Å²) in [7, 11) is 0. The highest BCUT2D eigenvalue weighted by atomic mass is 35.5. The number of Topliss-reactive ketones (excluding diaryl/α,β-unsaturated/α-hetero) is 1. The Kier molecular flexibility index (Phi) is 6.43. The molecule has 1 N–H and O–H groups in total. The van der Waals surface area contributed by atoms with Crippen LogP contribution in [-0.4, -0.2) is 16.9 Å². The van der Waals surface area contributed by atoms with Gasteiger partial charge in [-0.05, 0) is 41.5 Å². The van der Waals surface area contributed by atoms with Gasteiger partial charge in [-0.1, -0.05) is 54.1 Å². The monoisotopic (exact) mass is 398 g/mol. The Bertz CT molecular complexity index is 930. The SMILES string of the molecule is O=C(CCCc1ccccc1)Cc1scc(-c2ccc(Cl)cc2)c1C(=O)O. The maximum atomic E-state index is 12.4. The molecule has 1 aromatic heterocycles. The summed E-state index contributed by atoms with van der Waals surface area (Å²) >= 11 is 7.24. The summed E-state index contributed by atoms with van der Waals surface area (Å²) in [6.45, 7) is 0. The predicted molar refractivity (Wildman–Crippen MR) is 110 cm³/mol. The van der Waals surface area contributed by atoms with Gasteiger partial charge in [-0.15, -0.1) is 11.3 Å². The second-order valence-corrected chi connectivity index (χ2v) is 7.71. The molecule has 0 aliphatic rings. The summed E-state index contributed by atoms with van der Waals surface area (Å²) in [4.78, 5) is 24.8. The van der Waals surface area contributed by atoms with Crippen LogP contribution in [0.5, 0.6) is 0 Å². The van der Waals surface area contributed by atoms with Crippen molar-refractivity contribution in [1.29, 1.82) is 0 Å². The highest BCUT2D eigenvalue weighted by Crippen LogP contribution is 2.33. The Morgan fingerprint density at radius 3 is 2.37 bits per heavy atom. The fourth-order valence-electron chi connectivity index (χ4n) is 3.01. The molecule has 0 unspecified atom stereocenters. The van der Waals surface area contributed by atoms with Crippen molar-refractivity contribution in [1.82, 2.24) is 0 Å². The molecule has 5 heteroatoms. The normalized spacial score (nSPS) is 10.7. The minimum atomic E-state index is -1.01. The number of halogens is 1. The smallest absolute Gasteiger partial charge is 0.337 e. The maximum Gasteiger partial charge on any atom is 0.337 e. The summed E-state index contributed by atoms with van der Waals surface area (Å²) in [6.07, 6.45) is 2.22.